The van der Waals surface area contributed by atoms with Crippen LogP contribution in [0.4, 0.5) is 4.79 Å². The molecule has 4 amide bonds. The second kappa shape index (κ2) is 7.00. The number of amides is 4. The number of urea groups is 1. The number of imide groups is 1. The molecule has 150 valence electrons. The van der Waals surface area contributed by atoms with Gasteiger partial charge in [0.25, 0.3) is 5.91 Å². The number of likely N-dealkylation sites (tertiary alicyclic amines) is 1. The van der Waals surface area contributed by atoms with Gasteiger partial charge in [-0.2, -0.15) is 0 Å². The molecule has 0 aliphatic carbocycles. The van der Waals surface area contributed by atoms with E-state index in [1.165, 1.54) is 0 Å². The standard InChI is InChI=1S/C20H25N3O5/c1-13-5-3-4-8-22(13)17(24)11-23-18(25)20(2,21-19(23)26)10-14-6-7-15-16(9-14)28-12-27-15/h6-7,9,13H,3-5,8,10-12H2,1-2H3,(H,21,26)/t13-,20+/m0/s1. The fraction of sp³-hybridized carbons (Fsp3) is 0.550. The normalized spacial score (nSPS) is 26.6. The minimum atomic E-state index is -1.10. The van der Waals surface area contributed by atoms with Gasteiger partial charge in [-0.25, -0.2) is 4.79 Å². The topological polar surface area (TPSA) is 88.2 Å². The van der Waals surface area contributed by atoms with Gasteiger partial charge in [-0.3, -0.25) is 14.5 Å². The number of ether oxygens (including phenoxy) is 2. The molecule has 0 bridgehead atoms. The Morgan fingerprint density at radius 1 is 1.25 bits per heavy atom. The van der Waals surface area contributed by atoms with E-state index >= 15 is 0 Å². The first kappa shape index (κ1) is 18.6. The Morgan fingerprint density at radius 2 is 2.04 bits per heavy atom. The van der Waals surface area contributed by atoms with E-state index in [4.69, 9.17) is 9.47 Å². The SMILES string of the molecule is C[C@H]1CCCCN1C(=O)CN1C(=O)N[C@](C)(Cc2ccc3c(c2)OCO3)C1=O. The van der Waals surface area contributed by atoms with Crippen LogP contribution >= 0.6 is 0 Å². The number of hydrogen-bond acceptors (Lipinski definition) is 5. The molecule has 0 aromatic heterocycles. The first-order valence-electron chi connectivity index (χ1n) is 9.69. The van der Waals surface area contributed by atoms with Crippen molar-refractivity contribution < 1.29 is 23.9 Å². The molecule has 3 aliphatic heterocycles. The van der Waals surface area contributed by atoms with Crippen LogP contribution in [0.3, 0.4) is 0 Å². The van der Waals surface area contributed by atoms with Crippen LogP contribution in [0.1, 0.15) is 38.7 Å². The highest BCUT2D eigenvalue weighted by Gasteiger charge is 2.48. The maximum atomic E-state index is 13.0. The Hall–Kier alpha value is -2.77. The van der Waals surface area contributed by atoms with Crippen molar-refractivity contribution in [3.05, 3.63) is 23.8 Å². The van der Waals surface area contributed by atoms with Crippen molar-refractivity contribution in [3.8, 4) is 11.5 Å². The molecule has 3 aliphatic rings. The molecule has 4 rings (SSSR count). The number of carbonyl (C=O) groups excluding carboxylic acids is 3. The van der Waals surface area contributed by atoms with E-state index in [0.29, 0.717) is 24.5 Å². The fourth-order valence-corrected chi connectivity index (χ4v) is 4.16. The van der Waals surface area contributed by atoms with Gasteiger partial charge >= 0.3 is 6.03 Å². The number of benzene rings is 1. The highest BCUT2D eigenvalue weighted by Crippen LogP contribution is 2.34. The van der Waals surface area contributed by atoms with Crippen LogP contribution in [0.25, 0.3) is 0 Å². The van der Waals surface area contributed by atoms with Crippen LogP contribution < -0.4 is 14.8 Å². The summed E-state index contributed by atoms with van der Waals surface area (Å²) < 4.78 is 10.7. The monoisotopic (exact) mass is 387 g/mol. The summed E-state index contributed by atoms with van der Waals surface area (Å²) in [5.74, 6) is 0.735. The highest BCUT2D eigenvalue weighted by atomic mass is 16.7. The average molecular weight is 387 g/mol. The van der Waals surface area contributed by atoms with Crippen molar-refractivity contribution in [1.82, 2.24) is 15.1 Å². The lowest BCUT2D eigenvalue weighted by Gasteiger charge is -2.34. The Morgan fingerprint density at radius 3 is 2.82 bits per heavy atom. The predicted molar refractivity (Wildman–Crippen MR) is 99.9 cm³/mol. The molecule has 8 heteroatoms. The maximum absolute atomic E-state index is 13.0. The van der Waals surface area contributed by atoms with Gasteiger partial charge in [-0.1, -0.05) is 6.07 Å². The number of piperidine rings is 1. The van der Waals surface area contributed by atoms with E-state index in [1.54, 1.807) is 17.9 Å². The van der Waals surface area contributed by atoms with E-state index in [-0.39, 0.29) is 31.2 Å². The van der Waals surface area contributed by atoms with E-state index in [2.05, 4.69) is 5.32 Å². The predicted octanol–water partition coefficient (Wildman–Crippen LogP) is 1.67. The van der Waals surface area contributed by atoms with Gasteiger partial charge < -0.3 is 19.7 Å². The zero-order valence-corrected chi connectivity index (χ0v) is 16.2. The molecule has 3 heterocycles. The van der Waals surface area contributed by atoms with Crippen molar-refractivity contribution in [1.29, 1.82) is 0 Å². The number of carbonyl (C=O) groups is 3. The molecule has 2 atom stereocenters. The van der Waals surface area contributed by atoms with Gasteiger partial charge in [0.15, 0.2) is 11.5 Å². The summed E-state index contributed by atoms with van der Waals surface area (Å²) >= 11 is 0. The van der Waals surface area contributed by atoms with Gasteiger partial charge in [0.2, 0.25) is 12.7 Å². The van der Waals surface area contributed by atoms with Gasteiger partial charge in [0.1, 0.15) is 12.1 Å². The summed E-state index contributed by atoms with van der Waals surface area (Å²) in [6.45, 7) is 4.33. The summed E-state index contributed by atoms with van der Waals surface area (Å²) in [6, 6.07) is 5.08. The molecule has 1 N–H and O–H groups in total. The minimum Gasteiger partial charge on any atom is -0.454 e. The molecular weight excluding hydrogens is 362 g/mol. The van der Waals surface area contributed by atoms with Crippen LogP contribution in [0, 0.1) is 0 Å². The lowest BCUT2D eigenvalue weighted by molar-refractivity contribution is -0.140. The van der Waals surface area contributed by atoms with Crippen molar-refractivity contribution in [2.75, 3.05) is 19.9 Å². The molecule has 28 heavy (non-hydrogen) atoms. The quantitative estimate of drug-likeness (QED) is 0.794. The zero-order valence-electron chi connectivity index (χ0n) is 16.2. The van der Waals surface area contributed by atoms with Crippen LogP contribution in [0.2, 0.25) is 0 Å². The number of nitrogens with one attached hydrogen (secondary N) is 1. The summed E-state index contributed by atoms with van der Waals surface area (Å²) in [4.78, 5) is 40.9. The lowest BCUT2D eigenvalue weighted by Crippen LogP contribution is -2.49. The van der Waals surface area contributed by atoms with Crippen LogP contribution in [0.15, 0.2) is 18.2 Å². The maximum Gasteiger partial charge on any atom is 0.325 e. The van der Waals surface area contributed by atoms with Crippen molar-refractivity contribution >= 4 is 17.8 Å². The molecule has 0 saturated carbocycles. The van der Waals surface area contributed by atoms with Crippen LogP contribution in [-0.4, -0.2) is 59.1 Å². The van der Waals surface area contributed by atoms with E-state index in [1.807, 2.05) is 19.1 Å². The minimum absolute atomic E-state index is 0.141. The van der Waals surface area contributed by atoms with Gasteiger partial charge in [0.05, 0.1) is 0 Å². The fourth-order valence-electron chi connectivity index (χ4n) is 4.16. The molecule has 2 fully saturated rings. The van der Waals surface area contributed by atoms with E-state index in [0.717, 1.165) is 29.7 Å². The average Bonchev–Trinajstić information content (AvgIpc) is 3.20. The third-order valence-electron chi connectivity index (χ3n) is 5.76. The number of nitrogens with zero attached hydrogens (tertiary/aromatic N) is 2. The van der Waals surface area contributed by atoms with Crippen molar-refractivity contribution in [2.24, 2.45) is 0 Å². The first-order chi connectivity index (χ1) is 13.4. The summed E-state index contributed by atoms with van der Waals surface area (Å²) in [5, 5.41) is 2.76. The summed E-state index contributed by atoms with van der Waals surface area (Å²) in [5.41, 5.74) is -0.253. The lowest BCUT2D eigenvalue weighted by atomic mass is 9.92. The van der Waals surface area contributed by atoms with E-state index < -0.39 is 11.6 Å². The van der Waals surface area contributed by atoms with Crippen molar-refractivity contribution in [3.63, 3.8) is 0 Å². The molecule has 1 aromatic rings. The zero-order chi connectivity index (χ0) is 19.9. The molecule has 8 nitrogen and oxygen atoms in total. The number of hydrogen-bond donors (Lipinski definition) is 1. The molecular formula is C20H25N3O5. The second-order valence-electron chi connectivity index (χ2n) is 7.95. The first-order valence-corrected chi connectivity index (χ1v) is 9.69. The smallest absolute Gasteiger partial charge is 0.325 e. The Labute approximate surface area is 163 Å². The van der Waals surface area contributed by atoms with Gasteiger partial charge in [-0.15, -0.1) is 0 Å². The Kier molecular flexibility index (Phi) is 4.64. The van der Waals surface area contributed by atoms with Crippen LogP contribution in [0.5, 0.6) is 11.5 Å². The summed E-state index contributed by atoms with van der Waals surface area (Å²) in [6.07, 6.45) is 3.31. The summed E-state index contributed by atoms with van der Waals surface area (Å²) in [7, 11) is 0. The third-order valence-corrected chi connectivity index (χ3v) is 5.76. The highest BCUT2D eigenvalue weighted by molar-refractivity contribution is 6.09. The van der Waals surface area contributed by atoms with Gasteiger partial charge in [0, 0.05) is 19.0 Å². The number of rotatable bonds is 4. The molecule has 0 spiro atoms. The molecule has 2 saturated heterocycles. The largest absolute Gasteiger partial charge is 0.454 e. The van der Waals surface area contributed by atoms with Gasteiger partial charge in [-0.05, 0) is 50.8 Å². The number of fused-ring (bicyclic) bond motifs is 1. The van der Waals surface area contributed by atoms with E-state index in [9.17, 15) is 14.4 Å². The second-order valence-corrected chi connectivity index (χ2v) is 7.95. The Bertz CT molecular complexity index is 826. The molecule has 1 aromatic carbocycles. The van der Waals surface area contributed by atoms with Crippen molar-refractivity contribution in [2.45, 2.75) is 51.1 Å². The Balaban J connectivity index is 1.46. The van der Waals surface area contributed by atoms with Crippen LogP contribution in [-0.2, 0) is 16.0 Å². The third kappa shape index (κ3) is 3.27. The molecule has 0 radical (unpaired) electrons. The molecule has 0 unspecified atom stereocenters.